The van der Waals surface area contributed by atoms with Crippen molar-refractivity contribution in [2.24, 2.45) is 0 Å². The van der Waals surface area contributed by atoms with Gasteiger partial charge in [-0.3, -0.25) is 24.3 Å². The molecule has 0 aliphatic carbocycles. The second-order valence-electron chi connectivity index (χ2n) is 8.29. The second kappa shape index (κ2) is 6.44. The third-order valence-electron chi connectivity index (χ3n) is 5.85. The van der Waals surface area contributed by atoms with Gasteiger partial charge in [-0.25, -0.2) is 13.2 Å². The van der Waals surface area contributed by atoms with Crippen LogP contribution in [0.3, 0.4) is 0 Å². The summed E-state index contributed by atoms with van der Waals surface area (Å²) in [4.78, 5) is 36.7. The Balaban J connectivity index is 2.03. The molecule has 1 fully saturated rings. The summed E-state index contributed by atoms with van der Waals surface area (Å²) in [5.41, 5.74) is 1.24. The third-order valence-corrected chi connectivity index (χ3v) is 5.85. The number of carbonyl (C=O) groups excluding carboxylic acids is 2. The van der Waals surface area contributed by atoms with E-state index in [1.54, 1.807) is 27.7 Å². The lowest BCUT2D eigenvalue weighted by Crippen LogP contribution is -2.41. The van der Waals surface area contributed by atoms with Gasteiger partial charge in [0.15, 0.2) is 17.5 Å². The molecule has 2 aromatic rings. The molecule has 31 heavy (non-hydrogen) atoms. The van der Waals surface area contributed by atoms with Crippen LogP contribution in [-0.2, 0) is 9.31 Å². The molecular formula is C19H17BF3N3O5. The van der Waals surface area contributed by atoms with Crippen LogP contribution in [0.1, 0.15) is 48.4 Å². The van der Waals surface area contributed by atoms with Crippen LogP contribution >= 0.6 is 0 Å². The number of imide groups is 1. The largest absolute Gasteiger partial charge is 0.497 e. The van der Waals surface area contributed by atoms with Crippen molar-refractivity contribution in [1.82, 2.24) is 9.88 Å². The van der Waals surface area contributed by atoms with Crippen molar-refractivity contribution in [3.63, 3.8) is 0 Å². The number of rotatable bonds is 2. The number of nitrogens with one attached hydrogen (secondary N) is 1. The molecule has 0 unspecified atom stereocenters. The Morgan fingerprint density at radius 1 is 0.968 bits per heavy atom. The predicted molar refractivity (Wildman–Crippen MR) is 104 cm³/mol. The summed E-state index contributed by atoms with van der Waals surface area (Å²) < 4.78 is 55.5. The summed E-state index contributed by atoms with van der Waals surface area (Å²) >= 11 is 0. The number of hydrogen-bond acceptors (Lipinski definition) is 6. The highest BCUT2D eigenvalue weighted by atomic mass is 19.2. The first kappa shape index (κ1) is 21.1. The molecule has 2 aliphatic heterocycles. The molecule has 0 atom stereocenters. The van der Waals surface area contributed by atoms with E-state index in [1.807, 2.05) is 5.32 Å². The lowest BCUT2D eigenvalue weighted by molar-refractivity contribution is 0.00578. The number of anilines is 1. The van der Waals surface area contributed by atoms with E-state index < -0.39 is 64.7 Å². The van der Waals surface area contributed by atoms with Crippen LogP contribution in [0, 0.1) is 17.5 Å². The molecule has 1 aromatic carbocycles. The molecule has 4 rings (SSSR count). The number of carbonyl (C=O) groups is 2. The lowest BCUT2D eigenvalue weighted by Gasteiger charge is -2.32. The minimum Gasteiger partial charge on any atom is -0.399 e. The fraction of sp³-hybridized carbons (Fsp3) is 0.316. The van der Waals surface area contributed by atoms with Gasteiger partial charge in [0.1, 0.15) is 5.82 Å². The van der Waals surface area contributed by atoms with Crippen LogP contribution in [0.25, 0.3) is 5.69 Å². The number of nitrogens with zero attached hydrogens (tertiary/aromatic N) is 1. The molecule has 0 saturated carbocycles. The van der Waals surface area contributed by atoms with Gasteiger partial charge in [-0.05, 0) is 33.8 Å². The third kappa shape index (κ3) is 2.89. The smallest absolute Gasteiger partial charge is 0.399 e. The zero-order valence-electron chi connectivity index (χ0n) is 16.9. The van der Waals surface area contributed by atoms with Crippen molar-refractivity contribution >= 4 is 30.2 Å². The Morgan fingerprint density at radius 3 is 2.13 bits per heavy atom. The molecule has 2 amide bonds. The molecule has 3 N–H and O–H groups in total. The van der Waals surface area contributed by atoms with Gasteiger partial charge < -0.3 is 15.0 Å². The predicted octanol–water partition coefficient (Wildman–Crippen LogP) is 1.02. The first-order chi connectivity index (χ1) is 14.3. The van der Waals surface area contributed by atoms with Crippen molar-refractivity contribution in [3.8, 4) is 5.69 Å². The molecule has 162 valence electrons. The number of benzene rings is 1. The van der Waals surface area contributed by atoms with E-state index in [4.69, 9.17) is 15.0 Å². The summed E-state index contributed by atoms with van der Waals surface area (Å²) in [6.07, 6.45) is 0. The van der Waals surface area contributed by atoms with Crippen LogP contribution in [0.5, 0.6) is 0 Å². The van der Waals surface area contributed by atoms with Crippen LogP contribution in [-0.4, -0.2) is 34.7 Å². The highest BCUT2D eigenvalue weighted by Gasteiger charge is 2.53. The molecule has 1 aromatic heterocycles. The normalized spacial score (nSPS) is 19.0. The fourth-order valence-corrected chi connectivity index (χ4v) is 3.49. The van der Waals surface area contributed by atoms with Crippen LogP contribution in [0.15, 0.2) is 16.9 Å². The van der Waals surface area contributed by atoms with Crippen molar-refractivity contribution in [1.29, 1.82) is 0 Å². The van der Waals surface area contributed by atoms with Gasteiger partial charge in [0.2, 0.25) is 0 Å². The highest BCUT2D eigenvalue weighted by molar-refractivity contribution is 6.63. The van der Waals surface area contributed by atoms with Crippen molar-refractivity contribution in [2.45, 2.75) is 38.9 Å². The SMILES string of the molecule is CC1(C)OB(c2cc(F)c(F)c(F)c2-n2c(N)c3c(cc2=O)C(=O)NC3=O)OC1(C)C. The van der Waals surface area contributed by atoms with E-state index >= 15 is 4.39 Å². The Morgan fingerprint density at radius 2 is 1.55 bits per heavy atom. The maximum atomic E-state index is 15.0. The van der Waals surface area contributed by atoms with Gasteiger partial charge in [-0.15, -0.1) is 0 Å². The van der Waals surface area contributed by atoms with E-state index in [9.17, 15) is 23.2 Å². The maximum absolute atomic E-state index is 15.0. The number of amides is 2. The van der Waals surface area contributed by atoms with Gasteiger partial charge in [0.25, 0.3) is 17.4 Å². The van der Waals surface area contributed by atoms with Crippen LogP contribution < -0.4 is 22.1 Å². The van der Waals surface area contributed by atoms with Gasteiger partial charge >= 0.3 is 7.12 Å². The van der Waals surface area contributed by atoms with Crippen LogP contribution in [0.4, 0.5) is 19.0 Å². The molecule has 0 radical (unpaired) electrons. The van der Waals surface area contributed by atoms with E-state index in [0.717, 1.165) is 6.07 Å². The Kier molecular flexibility index (Phi) is 4.39. The minimum atomic E-state index is -1.86. The molecule has 8 nitrogen and oxygen atoms in total. The highest BCUT2D eigenvalue weighted by Crippen LogP contribution is 2.37. The van der Waals surface area contributed by atoms with E-state index in [0.29, 0.717) is 10.6 Å². The molecule has 0 bridgehead atoms. The standard InChI is InChI=1S/C19H17BF3N3O5/c1-18(2)19(3,4)31-20(30-18)8-6-9(21)12(22)13(23)14(8)26-10(27)5-7-11(15(26)24)17(29)25-16(7)28/h5-6H,24H2,1-4H3,(H,25,28,29). The monoisotopic (exact) mass is 435 g/mol. The molecule has 0 spiro atoms. The van der Waals surface area contributed by atoms with Crippen molar-refractivity contribution in [3.05, 3.63) is 51.1 Å². The average Bonchev–Trinajstić information content (AvgIpc) is 3.05. The number of nitrogen functional groups attached to an aromatic ring is 1. The molecule has 12 heteroatoms. The topological polar surface area (TPSA) is 113 Å². The van der Waals surface area contributed by atoms with Gasteiger partial charge in [-0.2, -0.15) is 0 Å². The van der Waals surface area contributed by atoms with Gasteiger partial charge in [-0.1, -0.05) is 0 Å². The Bertz CT molecular complexity index is 1230. The van der Waals surface area contributed by atoms with Crippen molar-refractivity contribution < 1.29 is 32.1 Å². The Labute approximate surface area is 174 Å². The molecule has 2 aliphatic rings. The van der Waals surface area contributed by atoms with Crippen molar-refractivity contribution in [2.75, 3.05) is 5.73 Å². The molecule has 3 heterocycles. The molecular weight excluding hydrogens is 418 g/mol. The number of hydrogen-bond donors (Lipinski definition) is 2. The van der Waals surface area contributed by atoms with Gasteiger partial charge in [0.05, 0.1) is 28.0 Å². The molecule has 1 saturated heterocycles. The number of pyridine rings is 1. The number of fused-ring (bicyclic) bond motifs is 1. The quantitative estimate of drug-likeness (QED) is 0.414. The first-order valence-electron chi connectivity index (χ1n) is 9.21. The fourth-order valence-electron chi connectivity index (χ4n) is 3.49. The second-order valence-corrected chi connectivity index (χ2v) is 8.29. The number of nitrogens with two attached hydrogens (primary N) is 1. The first-order valence-corrected chi connectivity index (χ1v) is 9.21. The number of halogens is 3. The summed E-state index contributed by atoms with van der Waals surface area (Å²) in [6.45, 7) is 6.76. The zero-order chi connectivity index (χ0) is 23.0. The van der Waals surface area contributed by atoms with Crippen LogP contribution in [0.2, 0.25) is 0 Å². The minimum absolute atomic E-state index is 0.302. The van der Waals surface area contributed by atoms with E-state index in [1.165, 1.54) is 0 Å². The summed E-state index contributed by atoms with van der Waals surface area (Å²) in [5.74, 6) is -7.51. The summed E-state index contributed by atoms with van der Waals surface area (Å²) in [7, 11) is -1.39. The summed E-state index contributed by atoms with van der Waals surface area (Å²) in [6, 6.07) is 1.40. The van der Waals surface area contributed by atoms with E-state index in [2.05, 4.69) is 0 Å². The average molecular weight is 435 g/mol. The number of aromatic nitrogens is 1. The maximum Gasteiger partial charge on any atom is 0.497 e. The van der Waals surface area contributed by atoms with Gasteiger partial charge in [0, 0.05) is 11.5 Å². The Hall–Kier alpha value is -3.12. The summed E-state index contributed by atoms with van der Waals surface area (Å²) in [5, 5.41) is 1.97. The lowest BCUT2D eigenvalue weighted by atomic mass is 9.77. The van der Waals surface area contributed by atoms with E-state index in [-0.39, 0.29) is 16.6 Å². The zero-order valence-corrected chi connectivity index (χ0v) is 16.9.